The molecule has 13 heavy (non-hydrogen) atoms. The molecule has 2 unspecified atom stereocenters. The van der Waals surface area contributed by atoms with Crippen molar-refractivity contribution in [2.45, 2.75) is 45.1 Å². The van der Waals surface area contributed by atoms with Crippen molar-refractivity contribution in [3.63, 3.8) is 0 Å². The standard InChI is InChI=1S/C10H16N2O/c1-2-4-10(13)12-9-6-3-5-8(9)7-11/h8-9H,2-6H2,1H3,(H,12,13). The molecule has 0 aromatic carbocycles. The SMILES string of the molecule is CCCC(=O)NC1CCCC1C#N. The molecule has 72 valence electrons. The molecule has 1 rings (SSSR count). The predicted molar refractivity (Wildman–Crippen MR) is 49.8 cm³/mol. The van der Waals surface area contributed by atoms with Crippen LogP contribution in [0.15, 0.2) is 0 Å². The number of nitrogens with zero attached hydrogens (tertiary/aromatic N) is 1. The Labute approximate surface area is 79.1 Å². The maximum atomic E-state index is 11.2. The quantitative estimate of drug-likeness (QED) is 0.717. The lowest BCUT2D eigenvalue weighted by molar-refractivity contribution is -0.121. The van der Waals surface area contributed by atoms with Crippen molar-refractivity contribution in [1.82, 2.24) is 5.32 Å². The lowest BCUT2D eigenvalue weighted by Gasteiger charge is -2.14. The summed E-state index contributed by atoms with van der Waals surface area (Å²) >= 11 is 0. The van der Waals surface area contributed by atoms with E-state index >= 15 is 0 Å². The Morgan fingerprint density at radius 3 is 3.00 bits per heavy atom. The maximum Gasteiger partial charge on any atom is 0.220 e. The number of nitriles is 1. The van der Waals surface area contributed by atoms with Crippen LogP contribution < -0.4 is 5.32 Å². The van der Waals surface area contributed by atoms with Gasteiger partial charge in [-0.1, -0.05) is 6.92 Å². The maximum absolute atomic E-state index is 11.2. The average Bonchev–Trinajstić information content (AvgIpc) is 2.52. The van der Waals surface area contributed by atoms with Crippen molar-refractivity contribution in [2.75, 3.05) is 0 Å². The molecule has 2 atom stereocenters. The van der Waals surface area contributed by atoms with Gasteiger partial charge in [0.2, 0.25) is 5.91 Å². The lowest BCUT2D eigenvalue weighted by atomic mass is 10.1. The summed E-state index contributed by atoms with van der Waals surface area (Å²) in [5.74, 6) is 0.135. The Bertz CT molecular complexity index is 219. The van der Waals surface area contributed by atoms with Gasteiger partial charge in [-0.2, -0.15) is 5.26 Å². The van der Waals surface area contributed by atoms with E-state index in [1.54, 1.807) is 0 Å². The summed E-state index contributed by atoms with van der Waals surface area (Å²) in [6.45, 7) is 1.98. The molecule has 0 aliphatic heterocycles. The molecular weight excluding hydrogens is 164 g/mol. The van der Waals surface area contributed by atoms with E-state index in [4.69, 9.17) is 5.26 Å². The van der Waals surface area contributed by atoms with E-state index in [1.807, 2.05) is 6.92 Å². The van der Waals surface area contributed by atoms with Gasteiger partial charge >= 0.3 is 0 Å². The predicted octanol–water partition coefficient (Wildman–Crippen LogP) is 1.59. The van der Waals surface area contributed by atoms with Crippen LogP contribution in [0.5, 0.6) is 0 Å². The van der Waals surface area contributed by atoms with Gasteiger partial charge in [-0.05, 0) is 25.7 Å². The molecule has 0 heterocycles. The Hall–Kier alpha value is -1.04. The Kier molecular flexibility index (Phi) is 3.75. The second-order valence-corrected chi connectivity index (χ2v) is 3.59. The van der Waals surface area contributed by atoms with Gasteiger partial charge < -0.3 is 5.32 Å². The van der Waals surface area contributed by atoms with E-state index in [0.29, 0.717) is 6.42 Å². The molecule has 1 N–H and O–H groups in total. The molecule has 1 aliphatic rings. The highest BCUT2D eigenvalue weighted by molar-refractivity contribution is 5.76. The average molecular weight is 180 g/mol. The summed E-state index contributed by atoms with van der Waals surface area (Å²) in [7, 11) is 0. The molecule has 0 saturated heterocycles. The number of carbonyl (C=O) groups is 1. The molecule has 3 nitrogen and oxygen atoms in total. The van der Waals surface area contributed by atoms with Crippen LogP contribution in [-0.2, 0) is 4.79 Å². The number of hydrogen-bond donors (Lipinski definition) is 1. The highest BCUT2D eigenvalue weighted by Gasteiger charge is 2.27. The van der Waals surface area contributed by atoms with Gasteiger partial charge in [-0.25, -0.2) is 0 Å². The fraction of sp³-hybridized carbons (Fsp3) is 0.800. The highest BCUT2D eigenvalue weighted by atomic mass is 16.1. The second-order valence-electron chi connectivity index (χ2n) is 3.59. The van der Waals surface area contributed by atoms with Gasteiger partial charge in [0.05, 0.1) is 12.0 Å². The van der Waals surface area contributed by atoms with Crippen molar-refractivity contribution in [3.8, 4) is 6.07 Å². The summed E-state index contributed by atoms with van der Waals surface area (Å²) < 4.78 is 0. The molecule has 0 spiro atoms. The van der Waals surface area contributed by atoms with Crippen LogP contribution in [0.25, 0.3) is 0 Å². The van der Waals surface area contributed by atoms with Gasteiger partial charge in [-0.3, -0.25) is 4.79 Å². The first kappa shape index (κ1) is 10.0. The van der Waals surface area contributed by atoms with E-state index < -0.39 is 0 Å². The summed E-state index contributed by atoms with van der Waals surface area (Å²) in [4.78, 5) is 11.2. The highest BCUT2D eigenvalue weighted by Crippen LogP contribution is 2.24. The molecule has 0 bridgehead atoms. The third-order valence-corrected chi connectivity index (χ3v) is 2.51. The summed E-state index contributed by atoms with van der Waals surface area (Å²) in [6, 6.07) is 2.36. The molecule has 0 aromatic rings. The van der Waals surface area contributed by atoms with Gasteiger partial charge in [0.1, 0.15) is 0 Å². The number of rotatable bonds is 3. The molecule has 1 fully saturated rings. The van der Waals surface area contributed by atoms with Crippen LogP contribution in [0.1, 0.15) is 39.0 Å². The van der Waals surface area contributed by atoms with Crippen LogP contribution >= 0.6 is 0 Å². The van der Waals surface area contributed by atoms with Crippen LogP contribution in [0.3, 0.4) is 0 Å². The zero-order valence-electron chi connectivity index (χ0n) is 8.05. The Morgan fingerprint density at radius 2 is 2.38 bits per heavy atom. The molecule has 1 amide bonds. The molecule has 1 saturated carbocycles. The molecule has 1 aliphatic carbocycles. The first-order valence-corrected chi connectivity index (χ1v) is 4.97. The van der Waals surface area contributed by atoms with Crippen molar-refractivity contribution < 1.29 is 4.79 Å². The van der Waals surface area contributed by atoms with E-state index in [2.05, 4.69) is 11.4 Å². The zero-order chi connectivity index (χ0) is 9.68. The number of hydrogen-bond acceptors (Lipinski definition) is 2. The van der Waals surface area contributed by atoms with E-state index in [9.17, 15) is 4.79 Å². The minimum Gasteiger partial charge on any atom is -0.352 e. The Morgan fingerprint density at radius 1 is 1.62 bits per heavy atom. The normalized spacial score (nSPS) is 26.8. The van der Waals surface area contributed by atoms with Crippen LogP contribution in [0.4, 0.5) is 0 Å². The fourth-order valence-corrected chi connectivity index (χ4v) is 1.79. The van der Waals surface area contributed by atoms with Gasteiger partial charge in [0.25, 0.3) is 0 Å². The molecular formula is C10H16N2O. The van der Waals surface area contributed by atoms with Crippen LogP contribution in [-0.4, -0.2) is 11.9 Å². The Balaban J connectivity index is 2.36. The zero-order valence-corrected chi connectivity index (χ0v) is 8.05. The fourth-order valence-electron chi connectivity index (χ4n) is 1.79. The van der Waals surface area contributed by atoms with Crippen molar-refractivity contribution in [2.24, 2.45) is 5.92 Å². The minimum absolute atomic E-state index is 0.0424. The first-order valence-electron chi connectivity index (χ1n) is 4.97. The topological polar surface area (TPSA) is 52.9 Å². The van der Waals surface area contributed by atoms with Crippen LogP contribution in [0.2, 0.25) is 0 Å². The van der Waals surface area contributed by atoms with E-state index in [-0.39, 0.29) is 17.9 Å². The summed E-state index contributed by atoms with van der Waals surface area (Å²) in [6.07, 6.45) is 4.42. The number of nitrogens with one attached hydrogen (secondary N) is 1. The summed E-state index contributed by atoms with van der Waals surface area (Å²) in [5, 5.41) is 11.7. The number of carbonyl (C=O) groups excluding carboxylic acids is 1. The van der Waals surface area contributed by atoms with E-state index in [0.717, 1.165) is 25.7 Å². The first-order chi connectivity index (χ1) is 6.27. The largest absolute Gasteiger partial charge is 0.352 e. The van der Waals surface area contributed by atoms with Gasteiger partial charge in [0, 0.05) is 12.5 Å². The summed E-state index contributed by atoms with van der Waals surface area (Å²) in [5.41, 5.74) is 0. The van der Waals surface area contributed by atoms with Gasteiger partial charge in [-0.15, -0.1) is 0 Å². The monoisotopic (exact) mass is 180 g/mol. The molecule has 0 radical (unpaired) electrons. The molecule has 0 aromatic heterocycles. The van der Waals surface area contributed by atoms with Crippen molar-refractivity contribution in [3.05, 3.63) is 0 Å². The van der Waals surface area contributed by atoms with E-state index in [1.165, 1.54) is 0 Å². The third kappa shape index (κ3) is 2.73. The third-order valence-electron chi connectivity index (χ3n) is 2.51. The van der Waals surface area contributed by atoms with Crippen LogP contribution in [0, 0.1) is 17.2 Å². The van der Waals surface area contributed by atoms with Crippen molar-refractivity contribution in [1.29, 1.82) is 5.26 Å². The lowest BCUT2D eigenvalue weighted by Crippen LogP contribution is -2.36. The van der Waals surface area contributed by atoms with Crippen molar-refractivity contribution >= 4 is 5.91 Å². The number of amides is 1. The molecule has 3 heteroatoms. The van der Waals surface area contributed by atoms with Gasteiger partial charge in [0.15, 0.2) is 0 Å². The smallest absolute Gasteiger partial charge is 0.220 e. The second kappa shape index (κ2) is 4.86. The minimum atomic E-state index is 0.0424.